The number of carbonyl (C=O) groups is 1. The topological polar surface area (TPSA) is 40.5 Å². The van der Waals surface area contributed by atoms with Gasteiger partial charge in [-0.2, -0.15) is 0 Å². The highest BCUT2D eigenvalue weighted by Gasteiger charge is 2.50. The number of rotatable bonds is 5. The van der Waals surface area contributed by atoms with Gasteiger partial charge >= 0.3 is 5.97 Å². The van der Waals surface area contributed by atoms with Crippen molar-refractivity contribution in [2.24, 2.45) is 5.41 Å². The van der Waals surface area contributed by atoms with Gasteiger partial charge in [0.2, 0.25) is 0 Å². The Kier molecular flexibility index (Phi) is 3.37. The number of thiophene rings is 1. The van der Waals surface area contributed by atoms with Gasteiger partial charge in [-0.1, -0.05) is 0 Å². The van der Waals surface area contributed by atoms with E-state index in [1.807, 2.05) is 13.1 Å². The summed E-state index contributed by atoms with van der Waals surface area (Å²) in [5, 5.41) is 9.09. The number of aliphatic carboxylic acids is 1. The van der Waals surface area contributed by atoms with Crippen molar-refractivity contribution in [3.63, 3.8) is 0 Å². The summed E-state index contributed by atoms with van der Waals surface area (Å²) in [5.41, 5.74) is -0.455. The van der Waals surface area contributed by atoms with E-state index in [4.69, 9.17) is 5.11 Å². The van der Waals surface area contributed by atoms with Crippen molar-refractivity contribution in [1.82, 2.24) is 4.90 Å². The van der Waals surface area contributed by atoms with E-state index in [9.17, 15) is 4.79 Å². The second-order valence-electron chi connectivity index (χ2n) is 4.46. The number of hydrogen-bond donors (Lipinski definition) is 1. The first-order valence-corrected chi connectivity index (χ1v) is 6.79. The molecule has 1 N–H and O–H groups in total. The molecule has 1 heterocycles. The predicted octanol–water partition coefficient (Wildman–Crippen LogP) is 2.81. The van der Waals surface area contributed by atoms with Crippen LogP contribution in [-0.2, 0) is 11.3 Å². The minimum absolute atomic E-state index is 0.455. The van der Waals surface area contributed by atoms with Crippen LogP contribution in [0.1, 0.15) is 17.7 Å². The molecule has 1 aromatic rings. The van der Waals surface area contributed by atoms with Gasteiger partial charge in [0.1, 0.15) is 0 Å². The van der Waals surface area contributed by atoms with Gasteiger partial charge in [0.15, 0.2) is 0 Å². The van der Waals surface area contributed by atoms with E-state index in [2.05, 4.69) is 26.9 Å². The lowest BCUT2D eigenvalue weighted by atomic mass is 10.1. The quantitative estimate of drug-likeness (QED) is 0.909. The maximum Gasteiger partial charge on any atom is 0.310 e. The van der Waals surface area contributed by atoms with Crippen LogP contribution in [0.25, 0.3) is 0 Å². The molecule has 0 aliphatic heterocycles. The van der Waals surface area contributed by atoms with Crippen molar-refractivity contribution >= 4 is 33.2 Å². The highest BCUT2D eigenvalue weighted by molar-refractivity contribution is 9.11. The number of carboxylic acid groups (broad SMARTS) is 1. The van der Waals surface area contributed by atoms with E-state index in [1.54, 1.807) is 11.3 Å². The van der Waals surface area contributed by atoms with Crippen LogP contribution < -0.4 is 0 Å². The molecular formula is C11H14BrNO2S. The van der Waals surface area contributed by atoms with E-state index in [1.165, 1.54) is 4.88 Å². The van der Waals surface area contributed by atoms with E-state index in [-0.39, 0.29) is 0 Å². The van der Waals surface area contributed by atoms with Crippen molar-refractivity contribution < 1.29 is 9.90 Å². The molecule has 2 rings (SSSR count). The summed E-state index contributed by atoms with van der Waals surface area (Å²) in [6.07, 6.45) is 1.64. The molecule has 5 heteroatoms. The van der Waals surface area contributed by atoms with Crippen molar-refractivity contribution in [1.29, 1.82) is 0 Å². The van der Waals surface area contributed by atoms with E-state index >= 15 is 0 Å². The molecule has 0 amide bonds. The fourth-order valence-electron chi connectivity index (χ4n) is 1.87. The Bertz CT molecular complexity index is 400. The average Bonchev–Trinajstić information content (AvgIpc) is 2.85. The average molecular weight is 304 g/mol. The lowest BCUT2D eigenvalue weighted by molar-refractivity contribution is -0.144. The van der Waals surface area contributed by atoms with Crippen molar-refractivity contribution in [3.05, 3.63) is 20.8 Å². The predicted molar refractivity (Wildman–Crippen MR) is 67.7 cm³/mol. The molecule has 0 bridgehead atoms. The lowest BCUT2D eigenvalue weighted by Crippen LogP contribution is -2.31. The monoisotopic (exact) mass is 303 g/mol. The van der Waals surface area contributed by atoms with Gasteiger partial charge in [0.05, 0.1) is 9.20 Å². The molecule has 1 fully saturated rings. The largest absolute Gasteiger partial charge is 0.481 e. The van der Waals surface area contributed by atoms with E-state index in [0.29, 0.717) is 6.54 Å². The summed E-state index contributed by atoms with van der Waals surface area (Å²) in [4.78, 5) is 14.4. The molecule has 1 aromatic heterocycles. The summed E-state index contributed by atoms with van der Waals surface area (Å²) in [6.45, 7) is 1.48. The van der Waals surface area contributed by atoms with Gasteiger partial charge in [0, 0.05) is 18.0 Å². The van der Waals surface area contributed by atoms with Crippen molar-refractivity contribution in [2.75, 3.05) is 13.6 Å². The molecule has 1 aliphatic carbocycles. The Labute approximate surface area is 107 Å². The van der Waals surface area contributed by atoms with Crippen LogP contribution in [-0.4, -0.2) is 29.6 Å². The molecule has 0 spiro atoms. The minimum atomic E-state index is -0.647. The van der Waals surface area contributed by atoms with Gasteiger partial charge in [-0.15, -0.1) is 11.3 Å². The van der Waals surface area contributed by atoms with Gasteiger partial charge in [-0.05, 0) is 48.0 Å². The maximum absolute atomic E-state index is 11.0. The molecule has 3 nitrogen and oxygen atoms in total. The van der Waals surface area contributed by atoms with Crippen LogP contribution >= 0.6 is 27.3 Å². The number of nitrogens with zero attached hydrogens (tertiary/aromatic N) is 1. The van der Waals surface area contributed by atoms with Gasteiger partial charge in [-0.3, -0.25) is 4.79 Å². The zero-order valence-corrected chi connectivity index (χ0v) is 11.5. The normalized spacial score (nSPS) is 17.7. The van der Waals surface area contributed by atoms with Gasteiger partial charge in [-0.25, -0.2) is 0 Å². The smallest absolute Gasteiger partial charge is 0.310 e. The Morgan fingerprint density at radius 3 is 2.75 bits per heavy atom. The summed E-state index contributed by atoms with van der Waals surface area (Å²) in [5.74, 6) is -0.647. The number of hydrogen-bond acceptors (Lipinski definition) is 3. The van der Waals surface area contributed by atoms with Crippen LogP contribution in [0.5, 0.6) is 0 Å². The third-order valence-corrected chi connectivity index (χ3v) is 4.54. The highest BCUT2D eigenvalue weighted by atomic mass is 79.9. The number of carboxylic acids is 1. The van der Waals surface area contributed by atoms with E-state index in [0.717, 1.165) is 23.2 Å². The second kappa shape index (κ2) is 4.47. The summed E-state index contributed by atoms with van der Waals surface area (Å²) < 4.78 is 1.12. The standard InChI is InChI=1S/C11H14BrNO2S/c1-13(6-8-2-3-9(12)16-8)7-11(4-5-11)10(14)15/h2-3H,4-7H2,1H3,(H,14,15). The highest BCUT2D eigenvalue weighted by Crippen LogP contribution is 2.46. The molecular weight excluding hydrogens is 290 g/mol. The maximum atomic E-state index is 11.0. The Morgan fingerprint density at radius 2 is 2.31 bits per heavy atom. The minimum Gasteiger partial charge on any atom is -0.481 e. The Balaban J connectivity index is 1.89. The SMILES string of the molecule is CN(Cc1ccc(Br)s1)CC1(C(=O)O)CC1. The van der Waals surface area contributed by atoms with Crippen LogP contribution in [0.2, 0.25) is 0 Å². The van der Waals surface area contributed by atoms with Crippen LogP contribution in [0.15, 0.2) is 15.9 Å². The summed E-state index contributed by atoms with van der Waals surface area (Å²) in [6, 6.07) is 4.10. The lowest BCUT2D eigenvalue weighted by Gasteiger charge is -2.20. The fourth-order valence-corrected chi connectivity index (χ4v) is 3.43. The third kappa shape index (κ3) is 2.64. The second-order valence-corrected chi connectivity index (χ2v) is 7.01. The van der Waals surface area contributed by atoms with Crippen LogP contribution in [0, 0.1) is 5.41 Å². The molecule has 1 saturated carbocycles. The molecule has 0 radical (unpaired) electrons. The Morgan fingerprint density at radius 1 is 1.62 bits per heavy atom. The van der Waals surface area contributed by atoms with Gasteiger partial charge in [0.25, 0.3) is 0 Å². The molecule has 1 aliphatic rings. The fraction of sp³-hybridized carbons (Fsp3) is 0.545. The van der Waals surface area contributed by atoms with Crippen LogP contribution in [0.4, 0.5) is 0 Å². The van der Waals surface area contributed by atoms with E-state index < -0.39 is 11.4 Å². The molecule has 0 saturated heterocycles. The Hall–Kier alpha value is -0.390. The zero-order valence-electron chi connectivity index (χ0n) is 9.07. The molecule has 0 unspecified atom stereocenters. The van der Waals surface area contributed by atoms with Crippen molar-refractivity contribution in [3.8, 4) is 0 Å². The summed E-state index contributed by atoms with van der Waals surface area (Å²) in [7, 11) is 1.98. The van der Waals surface area contributed by atoms with Gasteiger partial charge < -0.3 is 10.0 Å². The zero-order chi connectivity index (χ0) is 11.8. The summed E-state index contributed by atoms with van der Waals surface area (Å²) >= 11 is 5.12. The van der Waals surface area contributed by atoms with Crippen LogP contribution in [0.3, 0.4) is 0 Å². The molecule has 0 atom stereocenters. The molecule has 0 aromatic carbocycles. The molecule has 88 valence electrons. The van der Waals surface area contributed by atoms with Crippen molar-refractivity contribution in [2.45, 2.75) is 19.4 Å². The first-order chi connectivity index (χ1) is 7.52. The third-order valence-electron chi connectivity index (χ3n) is 2.93. The first kappa shape index (κ1) is 12.1. The number of halogens is 1. The first-order valence-electron chi connectivity index (χ1n) is 5.18. The molecule has 16 heavy (non-hydrogen) atoms.